The van der Waals surface area contributed by atoms with Gasteiger partial charge in [-0.05, 0) is 43.0 Å². The Morgan fingerprint density at radius 2 is 2.36 bits per heavy atom. The number of nitrogens with two attached hydrogens (primary N) is 1. The van der Waals surface area contributed by atoms with Gasteiger partial charge in [0.1, 0.15) is 5.75 Å². The van der Waals surface area contributed by atoms with Crippen molar-refractivity contribution in [2.75, 3.05) is 13.2 Å². The van der Waals surface area contributed by atoms with Crippen molar-refractivity contribution in [1.82, 2.24) is 0 Å². The number of rotatable bonds is 1. The van der Waals surface area contributed by atoms with Gasteiger partial charge in [-0.2, -0.15) is 0 Å². The van der Waals surface area contributed by atoms with Crippen LogP contribution in [0.5, 0.6) is 5.75 Å². The smallest absolute Gasteiger partial charge is 0.123 e. The Hall–Kier alpha value is -0.540. The van der Waals surface area contributed by atoms with Gasteiger partial charge >= 0.3 is 0 Å². The molecule has 0 saturated carbocycles. The zero-order chi connectivity index (χ0) is 9.97. The van der Waals surface area contributed by atoms with Crippen LogP contribution in [0.3, 0.4) is 0 Å². The highest BCUT2D eigenvalue weighted by Gasteiger charge is 2.18. The quantitative estimate of drug-likeness (QED) is 0.838. The van der Waals surface area contributed by atoms with Gasteiger partial charge in [0.05, 0.1) is 6.61 Å². The normalized spacial score (nSPS) is 20.9. The summed E-state index contributed by atoms with van der Waals surface area (Å²) >= 11 is 3.45. The van der Waals surface area contributed by atoms with Crippen LogP contribution in [-0.2, 0) is 0 Å². The minimum atomic E-state index is 0.459. The standard InChI is InChI=1S/C11H14BrNO/c12-9-3-4-10-8(7-13)2-1-5-14-11(10)6-9/h3-4,6,8H,1-2,5,7,13H2. The zero-order valence-corrected chi connectivity index (χ0v) is 9.59. The fourth-order valence-electron chi connectivity index (χ4n) is 1.88. The topological polar surface area (TPSA) is 35.2 Å². The van der Waals surface area contributed by atoms with Gasteiger partial charge in [-0.25, -0.2) is 0 Å². The zero-order valence-electron chi connectivity index (χ0n) is 8.00. The van der Waals surface area contributed by atoms with Crippen molar-refractivity contribution in [2.45, 2.75) is 18.8 Å². The summed E-state index contributed by atoms with van der Waals surface area (Å²) in [5.41, 5.74) is 7.02. The van der Waals surface area contributed by atoms with Crippen LogP contribution in [0.15, 0.2) is 22.7 Å². The molecular weight excluding hydrogens is 242 g/mol. The average Bonchev–Trinajstić information content (AvgIpc) is 2.38. The van der Waals surface area contributed by atoms with Crippen molar-refractivity contribution in [1.29, 1.82) is 0 Å². The Labute approximate surface area is 92.6 Å². The van der Waals surface area contributed by atoms with Crippen molar-refractivity contribution < 1.29 is 4.74 Å². The molecular formula is C11H14BrNO. The lowest BCUT2D eigenvalue weighted by molar-refractivity contribution is 0.316. The highest BCUT2D eigenvalue weighted by molar-refractivity contribution is 9.10. The molecule has 0 aliphatic carbocycles. The monoisotopic (exact) mass is 255 g/mol. The van der Waals surface area contributed by atoms with Gasteiger partial charge in [-0.3, -0.25) is 0 Å². The second kappa shape index (κ2) is 4.32. The summed E-state index contributed by atoms with van der Waals surface area (Å²) < 4.78 is 6.74. The van der Waals surface area contributed by atoms with Crippen LogP contribution >= 0.6 is 15.9 Å². The Balaban J connectivity index is 2.39. The third-order valence-corrected chi connectivity index (χ3v) is 3.15. The summed E-state index contributed by atoms with van der Waals surface area (Å²) in [6, 6.07) is 6.20. The minimum absolute atomic E-state index is 0.459. The molecule has 1 heterocycles. The fourth-order valence-corrected chi connectivity index (χ4v) is 2.22. The SMILES string of the molecule is NCC1CCCOc2cc(Br)ccc21. The summed E-state index contributed by atoms with van der Waals surface area (Å²) in [6.45, 7) is 1.51. The van der Waals surface area contributed by atoms with Gasteiger partial charge in [-0.1, -0.05) is 22.0 Å². The Morgan fingerprint density at radius 3 is 3.14 bits per heavy atom. The lowest BCUT2D eigenvalue weighted by atomic mass is 9.95. The van der Waals surface area contributed by atoms with Crippen LogP contribution in [0.4, 0.5) is 0 Å². The minimum Gasteiger partial charge on any atom is -0.493 e. The number of hydrogen-bond acceptors (Lipinski definition) is 2. The molecule has 1 aliphatic heterocycles. The first-order valence-electron chi connectivity index (χ1n) is 4.93. The summed E-state index contributed by atoms with van der Waals surface area (Å²) in [7, 11) is 0. The lowest BCUT2D eigenvalue weighted by Crippen LogP contribution is -2.11. The molecule has 76 valence electrons. The van der Waals surface area contributed by atoms with Crippen LogP contribution in [0.25, 0.3) is 0 Å². The molecule has 1 aromatic rings. The number of hydrogen-bond donors (Lipinski definition) is 1. The van der Waals surface area contributed by atoms with E-state index in [1.807, 2.05) is 6.07 Å². The van der Waals surface area contributed by atoms with Crippen LogP contribution in [-0.4, -0.2) is 13.2 Å². The molecule has 1 unspecified atom stereocenters. The van der Waals surface area contributed by atoms with E-state index >= 15 is 0 Å². The van der Waals surface area contributed by atoms with Crippen molar-refractivity contribution in [3.8, 4) is 5.75 Å². The first kappa shape index (κ1) is 9.99. The molecule has 1 aliphatic rings. The van der Waals surface area contributed by atoms with E-state index in [0.717, 1.165) is 29.7 Å². The van der Waals surface area contributed by atoms with E-state index in [4.69, 9.17) is 10.5 Å². The highest BCUT2D eigenvalue weighted by Crippen LogP contribution is 2.34. The Bertz CT molecular complexity index is 327. The van der Waals surface area contributed by atoms with E-state index < -0.39 is 0 Å². The summed E-state index contributed by atoms with van der Waals surface area (Å²) in [4.78, 5) is 0. The first-order valence-corrected chi connectivity index (χ1v) is 5.73. The Morgan fingerprint density at radius 1 is 1.50 bits per heavy atom. The van der Waals surface area contributed by atoms with E-state index in [0.29, 0.717) is 12.5 Å². The van der Waals surface area contributed by atoms with Gasteiger partial charge in [-0.15, -0.1) is 0 Å². The maximum absolute atomic E-state index is 5.76. The van der Waals surface area contributed by atoms with Crippen molar-refractivity contribution >= 4 is 15.9 Å². The highest BCUT2D eigenvalue weighted by atomic mass is 79.9. The lowest BCUT2D eigenvalue weighted by Gasteiger charge is -2.14. The maximum atomic E-state index is 5.76. The van der Waals surface area contributed by atoms with Gasteiger partial charge in [0.2, 0.25) is 0 Å². The summed E-state index contributed by atoms with van der Waals surface area (Å²) in [6.07, 6.45) is 2.22. The molecule has 0 fully saturated rings. The molecule has 2 nitrogen and oxygen atoms in total. The van der Waals surface area contributed by atoms with Crippen LogP contribution in [0, 0.1) is 0 Å². The fraction of sp³-hybridized carbons (Fsp3) is 0.455. The van der Waals surface area contributed by atoms with E-state index in [1.54, 1.807) is 0 Å². The van der Waals surface area contributed by atoms with E-state index in [2.05, 4.69) is 28.1 Å². The van der Waals surface area contributed by atoms with Crippen molar-refractivity contribution in [3.63, 3.8) is 0 Å². The molecule has 0 spiro atoms. The van der Waals surface area contributed by atoms with E-state index in [9.17, 15) is 0 Å². The second-order valence-electron chi connectivity index (χ2n) is 3.61. The number of fused-ring (bicyclic) bond motifs is 1. The molecule has 1 atom stereocenters. The molecule has 0 bridgehead atoms. The van der Waals surface area contributed by atoms with Crippen molar-refractivity contribution in [3.05, 3.63) is 28.2 Å². The van der Waals surface area contributed by atoms with Gasteiger partial charge < -0.3 is 10.5 Å². The van der Waals surface area contributed by atoms with Gasteiger partial charge in [0.15, 0.2) is 0 Å². The molecule has 0 aromatic heterocycles. The number of ether oxygens (including phenoxy) is 1. The maximum Gasteiger partial charge on any atom is 0.123 e. The van der Waals surface area contributed by atoms with Gasteiger partial charge in [0.25, 0.3) is 0 Å². The van der Waals surface area contributed by atoms with Gasteiger partial charge in [0, 0.05) is 4.47 Å². The number of benzene rings is 1. The van der Waals surface area contributed by atoms with Crippen LogP contribution < -0.4 is 10.5 Å². The largest absolute Gasteiger partial charge is 0.493 e. The number of halogens is 1. The molecule has 2 N–H and O–H groups in total. The molecule has 2 rings (SSSR count). The average molecular weight is 256 g/mol. The summed E-state index contributed by atoms with van der Waals surface area (Å²) in [5, 5.41) is 0. The molecule has 14 heavy (non-hydrogen) atoms. The molecule has 3 heteroatoms. The predicted molar refractivity (Wildman–Crippen MR) is 60.7 cm³/mol. The predicted octanol–water partition coefficient (Wildman–Crippen LogP) is 2.66. The van der Waals surface area contributed by atoms with E-state index in [-0.39, 0.29) is 0 Å². The Kier molecular flexibility index (Phi) is 3.08. The van der Waals surface area contributed by atoms with Crippen LogP contribution in [0.1, 0.15) is 24.3 Å². The van der Waals surface area contributed by atoms with Crippen molar-refractivity contribution in [2.24, 2.45) is 5.73 Å². The molecule has 0 radical (unpaired) electrons. The molecule has 0 saturated heterocycles. The summed E-state index contributed by atoms with van der Waals surface area (Å²) in [5.74, 6) is 1.45. The second-order valence-corrected chi connectivity index (χ2v) is 4.52. The first-order chi connectivity index (χ1) is 6.81. The molecule has 1 aromatic carbocycles. The van der Waals surface area contributed by atoms with E-state index in [1.165, 1.54) is 5.56 Å². The molecule has 0 amide bonds. The third kappa shape index (κ3) is 1.93. The van der Waals surface area contributed by atoms with Crippen LogP contribution in [0.2, 0.25) is 0 Å². The third-order valence-electron chi connectivity index (χ3n) is 2.65.